The number of hydrogen-bond donors (Lipinski definition) is 2. The molecule has 0 aliphatic rings. The zero-order chi connectivity index (χ0) is 7.49. The molecule has 0 heterocycles. The molecule has 0 saturated carbocycles. The smallest absolute Gasteiger partial charge is 0.222 e. The van der Waals surface area contributed by atoms with E-state index in [1.165, 1.54) is 0 Å². The summed E-state index contributed by atoms with van der Waals surface area (Å²) in [6, 6.07) is 0. The van der Waals surface area contributed by atoms with Crippen LogP contribution in [0.25, 0.3) is 0 Å². The highest BCUT2D eigenvalue weighted by Gasteiger charge is 2.16. The Hall–Kier alpha value is -0.570. The maximum absolute atomic E-state index is 10.6. The van der Waals surface area contributed by atoms with Gasteiger partial charge in [0.2, 0.25) is 5.91 Å². The monoisotopic (exact) mass is 131 g/mol. The minimum absolute atomic E-state index is 0.137. The van der Waals surface area contributed by atoms with E-state index < -0.39 is 5.60 Å². The van der Waals surface area contributed by atoms with Gasteiger partial charge in [0.15, 0.2) is 0 Å². The van der Waals surface area contributed by atoms with E-state index >= 15 is 0 Å². The van der Waals surface area contributed by atoms with Gasteiger partial charge >= 0.3 is 0 Å². The highest BCUT2D eigenvalue weighted by Crippen LogP contribution is 2.05. The molecule has 0 atom stereocenters. The predicted molar refractivity (Wildman–Crippen MR) is 35.0 cm³/mol. The lowest BCUT2D eigenvalue weighted by Gasteiger charge is -2.14. The highest BCUT2D eigenvalue weighted by atomic mass is 16.3. The summed E-state index contributed by atoms with van der Waals surface area (Å²) >= 11 is 0. The van der Waals surface area contributed by atoms with E-state index in [0.29, 0.717) is 0 Å². The molecule has 0 saturated heterocycles. The molecule has 1 amide bonds. The molecule has 9 heavy (non-hydrogen) atoms. The van der Waals surface area contributed by atoms with Gasteiger partial charge in [-0.3, -0.25) is 4.79 Å². The molecule has 0 rings (SSSR count). The van der Waals surface area contributed by atoms with Crippen molar-refractivity contribution in [2.75, 3.05) is 7.05 Å². The first-order chi connectivity index (χ1) is 3.95. The summed E-state index contributed by atoms with van der Waals surface area (Å²) in [5.41, 5.74) is -0.889. The topological polar surface area (TPSA) is 49.3 Å². The standard InChI is InChI=1S/C6H13NO2/c1-6(2,9)4-5(8)7-3/h9H,4H2,1-3H3,(H,7,8). The normalized spacial score (nSPS) is 11.1. The van der Waals surface area contributed by atoms with Crippen LogP contribution in [0.1, 0.15) is 20.3 Å². The van der Waals surface area contributed by atoms with Crippen molar-refractivity contribution >= 4 is 5.91 Å². The Morgan fingerprint density at radius 2 is 2.11 bits per heavy atom. The number of amides is 1. The maximum atomic E-state index is 10.6. The van der Waals surface area contributed by atoms with E-state index in [1.54, 1.807) is 20.9 Å². The van der Waals surface area contributed by atoms with Crippen molar-refractivity contribution in [3.63, 3.8) is 0 Å². The van der Waals surface area contributed by atoms with Gasteiger partial charge in [0.25, 0.3) is 0 Å². The van der Waals surface area contributed by atoms with Crippen molar-refractivity contribution in [3.05, 3.63) is 0 Å². The molecule has 0 spiro atoms. The summed E-state index contributed by atoms with van der Waals surface area (Å²) in [5, 5.41) is 11.5. The molecule has 54 valence electrons. The van der Waals surface area contributed by atoms with E-state index in [1.807, 2.05) is 0 Å². The van der Waals surface area contributed by atoms with Crippen molar-refractivity contribution in [1.82, 2.24) is 5.32 Å². The van der Waals surface area contributed by atoms with E-state index in [-0.39, 0.29) is 12.3 Å². The van der Waals surface area contributed by atoms with Crippen LogP contribution in [-0.2, 0) is 4.79 Å². The van der Waals surface area contributed by atoms with Gasteiger partial charge in [0.05, 0.1) is 12.0 Å². The lowest BCUT2D eigenvalue weighted by Crippen LogP contribution is -2.29. The molecule has 0 bridgehead atoms. The Morgan fingerprint density at radius 1 is 1.67 bits per heavy atom. The van der Waals surface area contributed by atoms with Crippen LogP contribution in [-0.4, -0.2) is 23.7 Å². The Kier molecular flexibility index (Phi) is 2.65. The molecule has 3 nitrogen and oxygen atoms in total. The number of rotatable bonds is 2. The minimum Gasteiger partial charge on any atom is -0.390 e. The second-order valence-corrected chi connectivity index (χ2v) is 2.66. The van der Waals surface area contributed by atoms with Crippen LogP contribution >= 0.6 is 0 Å². The lowest BCUT2D eigenvalue weighted by atomic mass is 10.1. The predicted octanol–water partition coefficient (Wildman–Crippen LogP) is -0.107. The molecule has 0 fully saturated rings. The number of aliphatic hydroxyl groups is 1. The molecular formula is C6H13NO2. The molecule has 3 heteroatoms. The van der Waals surface area contributed by atoms with Gasteiger partial charge in [-0.1, -0.05) is 0 Å². The minimum atomic E-state index is -0.889. The average Bonchev–Trinajstić information content (AvgIpc) is 1.62. The molecule has 0 unspecified atom stereocenters. The maximum Gasteiger partial charge on any atom is 0.222 e. The Labute approximate surface area is 55.1 Å². The zero-order valence-corrected chi connectivity index (χ0v) is 6.06. The van der Waals surface area contributed by atoms with Crippen molar-refractivity contribution in [3.8, 4) is 0 Å². The summed E-state index contributed by atoms with van der Waals surface area (Å²) in [7, 11) is 1.55. The third-order valence-corrected chi connectivity index (χ3v) is 0.872. The molecule has 0 aromatic rings. The second kappa shape index (κ2) is 2.82. The molecule has 0 aliphatic carbocycles. The fourth-order valence-corrected chi connectivity index (χ4v) is 0.481. The van der Waals surface area contributed by atoms with E-state index in [9.17, 15) is 4.79 Å². The average molecular weight is 131 g/mol. The summed E-state index contributed by atoms with van der Waals surface area (Å²) in [6.07, 6.45) is 0.156. The van der Waals surface area contributed by atoms with E-state index in [2.05, 4.69) is 5.32 Å². The molecule has 2 N–H and O–H groups in total. The first-order valence-electron chi connectivity index (χ1n) is 2.88. The fourth-order valence-electron chi connectivity index (χ4n) is 0.481. The number of carbonyl (C=O) groups is 1. The van der Waals surface area contributed by atoms with Crippen LogP contribution in [0, 0.1) is 0 Å². The lowest BCUT2D eigenvalue weighted by molar-refractivity contribution is -0.124. The molecular weight excluding hydrogens is 118 g/mol. The Bertz CT molecular complexity index is 104. The number of carbonyl (C=O) groups excluding carboxylic acids is 1. The van der Waals surface area contributed by atoms with Crippen LogP contribution in [0.2, 0.25) is 0 Å². The van der Waals surface area contributed by atoms with Crippen molar-refractivity contribution < 1.29 is 9.90 Å². The van der Waals surface area contributed by atoms with Crippen LogP contribution in [0.4, 0.5) is 0 Å². The number of hydrogen-bond acceptors (Lipinski definition) is 2. The van der Waals surface area contributed by atoms with Crippen molar-refractivity contribution in [2.45, 2.75) is 25.9 Å². The Morgan fingerprint density at radius 3 is 2.22 bits per heavy atom. The summed E-state index contributed by atoms with van der Waals surface area (Å²) in [6.45, 7) is 3.20. The quantitative estimate of drug-likeness (QED) is 0.549. The molecule has 0 aromatic carbocycles. The van der Waals surface area contributed by atoms with E-state index in [0.717, 1.165) is 0 Å². The van der Waals surface area contributed by atoms with Crippen molar-refractivity contribution in [2.24, 2.45) is 0 Å². The van der Waals surface area contributed by atoms with Crippen LogP contribution in [0.3, 0.4) is 0 Å². The first kappa shape index (κ1) is 8.43. The largest absolute Gasteiger partial charge is 0.390 e. The fraction of sp³-hybridized carbons (Fsp3) is 0.833. The van der Waals surface area contributed by atoms with E-state index in [4.69, 9.17) is 5.11 Å². The van der Waals surface area contributed by atoms with Gasteiger partial charge in [0.1, 0.15) is 0 Å². The van der Waals surface area contributed by atoms with Gasteiger partial charge in [-0.05, 0) is 13.8 Å². The zero-order valence-electron chi connectivity index (χ0n) is 6.06. The molecule has 0 aliphatic heterocycles. The van der Waals surface area contributed by atoms with Gasteiger partial charge in [-0.15, -0.1) is 0 Å². The van der Waals surface area contributed by atoms with Gasteiger partial charge < -0.3 is 10.4 Å². The Balaban J connectivity index is 3.60. The van der Waals surface area contributed by atoms with Crippen LogP contribution in [0.5, 0.6) is 0 Å². The third kappa shape index (κ3) is 5.30. The van der Waals surface area contributed by atoms with Gasteiger partial charge in [-0.25, -0.2) is 0 Å². The highest BCUT2D eigenvalue weighted by molar-refractivity contribution is 5.76. The molecule has 0 radical (unpaired) electrons. The second-order valence-electron chi connectivity index (χ2n) is 2.66. The summed E-state index contributed by atoms with van der Waals surface area (Å²) in [4.78, 5) is 10.6. The summed E-state index contributed by atoms with van der Waals surface area (Å²) < 4.78 is 0. The van der Waals surface area contributed by atoms with Crippen LogP contribution < -0.4 is 5.32 Å². The van der Waals surface area contributed by atoms with Crippen molar-refractivity contribution in [1.29, 1.82) is 0 Å². The summed E-state index contributed by atoms with van der Waals surface area (Å²) in [5.74, 6) is -0.137. The third-order valence-electron chi connectivity index (χ3n) is 0.872. The van der Waals surface area contributed by atoms with Gasteiger partial charge in [-0.2, -0.15) is 0 Å². The molecule has 0 aromatic heterocycles. The van der Waals surface area contributed by atoms with Crippen LogP contribution in [0.15, 0.2) is 0 Å². The first-order valence-corrected chi connectivity index (χ1v) is 2.88. The number of nitrogens with one attached hydrogen (secondary N) is 1. The SMILES string of the molecule is CNC(=O)CC(C)(C)O. The van der Waals surface area contributed by atoms with Gasteiger partial charge in [0, 0.05) is 7.05 Å².